The van der Waals surface area contributed by atoms with E-state index >= 15 is 0 Å². The van der Waals surface area contributed by atoms with E-state index in [1.165, 1.54) is 0 Å². The number of piperazine rings is 1. The maximum Gasteiger partial charge on any atom is 0.279 e. The molecule has 0 radical (unpaired) electrons. The predicted molar refractivity (Wildman–Crippen MR) is 84.5 cm³/mol. The Bertz CT molecular complexity index is 535. The van der Waals surface area contributed by atoms with Crippen LogP contribution in [-0.2, 0) is 4.79 Å². The SMILES string of the molecule is Cc1ccc(NC(=O)C[N+]2(C)CCN(C)CC2)c(C)c1O. The van der Waals surface area contributed by atoms with Crippen molar-refractivity contribution in [3.63, 3.8) is 0 Å². The summed E-state index contributed by atoms with van der Waals surface area (Å²) in [7, 11) is 4.24. The number of nitrogens with one attached hydrogen (secondary N) is 1. The summed E-state index contributed by atoms with van der Waals surface area (Å²) >= 11 is 0. The Hall–Kier alpha value is -1.59. The van der Waals surface area contributed by atoms with Crippen molar-refractivity contribution in [2.24, 2.45) is 0 Å². The number of amides is 1. The Morgan fingerprint density at radius 1 is 1.33 bits per heavy atom. The van der Waals surface area contributed by atoms with Gasteiger partial charge in [-0.25, -0.2) is 0 Å². The molecule has 2 rings (SSSR count). The van der Waals surface area contributed by atoms with E-state index in [0.29, 0.717) is 12.2 Å². The number of nitrogens with zero attached hydrogens (tertiary/aromatic N) is 2. The van der Waals surface area contributed by atoms with E-state index in [4.69, 9.17) is 0 Å². The molecule has 1 amide bonds. The standard InChI is InChI=1S/C16H25N3O2/c1-12-5-6-14(13(2)16(12)21)17-15(20)11-19(4)9-7-18(3)8-10-19/h5-6H,7-11H2,1-4H3,(H-,17,20,21)/p+1. The lowest BCUT2D eigenvalue weighted by atomic mass is 10.1. The highest BCUT2D eigenvalue weighted by Gasteiger charge is 2.29. The molecule has 116 valence electrons. The monoisotopic (exact) mass is 292 g/mol. The maximum absolute atomic E-state index is 12.3. The zero-order chi connectivity index (χ0) is 15.6. The molecule has 1 aromatic rings. The van der Waals surface area contributed by atoms with Gasteiger partial charge in [0, 0.05) is 24.3 Å². The maximum atomic E-state index is 12.3. The fraction of sp³-hybridized carbons (Fsp3) is 0.562. The number of hydrogen-bond acceptors (Lipinski definition) is 3. The quantitative estimate of drug-likeness (QED) is 0.827. The molecular weight excluding hydrogens is 266 g/mol. The third-order valence-corrected chi connectivity index (χ3v) is 4.48. The van der Waals surface area contributed by atoms with Gasteiger partial charge in [0.2, 0.25) is 0 Å². The normalized spacial score (nSPS) is 18.5. The van der Waals surface area contributed by atoms with E-state index in [2.05, 4.69) is 24.3 Å². The van der Waals surface area contributed by atoms with Crippen molar-refractivity contribution in [2.75, 3.05) is 52.1 Å². The molecule has 0 aliphatic carbocycles. The summed E-state index contributed by atoms with van der Waals surface area (Å²) < 4.78 is 0.771. The summed E-state index contributed by atoms with van der Waals surface area (Å²) in [6.07, 6.45) is 0. The van der Waals surface area contributed by atoms with Crippen LogP contribution in [0.5, 0.6) is 5.75 Å². The second kappa shape index (κ2) is 6.03. The van der Waals surface area contributed by atoms with Gasteiger partial charge in [-0.2, -0.15) is 0 Å². The minimum absolute atomic E-state index is 0.00778. The Morgan fingerprint density at radius 2 is 1.95 bits per heavy atom. The highest BCUT2D eigenvalue weighted by atomic mass is 16.3. The molecule has 1 saturated heterocycles. The lowest BCUT2D eigenvalue weighted by molar-refractivity contribution is -0.905. The summed E-state index contributed by atoms with van der Waals surface area (Å²) in [6.45, 7) is 8.17. The number of anilines is 1. The molecule has 1 aliphatic rings. The molecule has 0 spiro atoms. The van der Waals surface area contributed by atoms with Gasteiger partial charge in [0.1, 0.15) is 5.75 Å². The molecule has 2 N–H and O–H groups in total. The topological polar surface area (TPSA) is 52.6 Å². The molecule has 0 bridgehead atoms. The number of hydrogen-bond donors (Lipinski definition) is 2. The van der Waals surface area contributed by atoms with Crippen molar-refractivity contribution in [2.45, 2.75) is 13.8 Å². The second-order valence-electron chi connectivity index (χ2n) is 6.48. The summed E-state index contributed by atoms with van der Waals surface area (Å²) in [5, 5.41) is 12.9. The molecule has 1 heterocycles. The van der Waals surface area contributed by atoms with Crippen LogP contribution in [0.2, 0.25) is 0 Å². The number of aryl methyl sites for hydroxylation is 1. The second-order valence-corrected chi connectivity index (χ2v) is 6.48. The van der Waals surface area contributed by atoms with Crippen LogP contribution in [-0.4, -0.2) is 67.2 Å². The molecule has 5 nitrogen and oxygen atoms in total. The van der Waals surface area contributed by atoms with Crippen LogP contribution in [0.1, 0.15) is 11.1 Å². The van der Waals surface area contributed by atoms with E-state index in [-0.39, 0.29) is 11.7 Å². The lowest BCUT2D eigenvalue weighted by Gasteiger charge is -2.40. The molecule has 5 heteroatoms. The first kappa shape index (κ1) is 15.8. The number of likely N-dealkylation sites (N-methyl/N-ethyl adjacent to an activating group) is 2. The van der Waals surface area contributed by atoms with Crippen LogP contribution >= 0.6 is 0 Å². The number of phenolic OH excluding ortho intramolecular Hbond substituents is 1. The Morgan fingerprint density at radius 3 is 2.57 bits per heavy atom. The first-order valence-corrected chi connectivity index (χ1v) is 7.42. The van der Waals surface area contributed by atoms with E-state index in [1.54, 1.807) is 0 Å². The average molecular weight is 292 g/mol. The zero-order valence-corrected chi connectivity index (χ0v) is 13.4. The number of benzene rings is 1. The van der Waals surface area contributed by atoms with Crippen LogP contribution in [0.25, 0.3) is 0 Å². The first-order chi connectivity index (χ1) is 9.81. The Balaban J connectivity index is 2.01. The van der Waals surface area contributed by atoms with E-state index < -0.39 is 0 Å². The van der Waals surface area contributed by atoms with Crippen LogP contribution < -0.4 is 5.32 Å². The van der Waals surface area contributed by atoms with E-state index in [9.17, 15) is 9.90 Å². The van der Waals surface area contributed by atoms with Crippen molar-refractivity contribution in [1.29, 1.82) is 0 Å². The van der Waals surface area contributed by atoms with Crippen LogP contribution in [0.15, 0.2) is 12.1 Å². The van der Waals surface area contributed by atoms with Gasteiger partial charge in [0.25, 0.3) is 5.91 Å². The largest absolute Gasteiger partial charge is 0.507 e. The summed E-state index contributed by atoms with van der Waals surface area (Å²) in [5.74, 6) is 0.265. The van der Waals surface area contributed by atoms with Gasteiger partial charge < -0.3 is 14.9 Å². The summed E-state index contributed by atoms with van der Waals surface area (Å²) in [6, 6.07) is 3.68. The Labute approximate surface area is 126 Å². The van der Waals surface area contributed by atoms with Gasteiger partial charge in [-0.1, -0.05) is 6.07 Å². The van der Waals surface area contributed by atoms with Gasteiger partial charge >= 0.3 is 0 Å². The van der Waals surface area contributed by atoms with Crippen LogP contribution in [0, 0.1) is 13.8 Å². The number of carbonyl (C=O) groups excluding carboxylic acids is 1. The number of quaternary nitrogens is 1. The lowest BCUT2D eigenvalue weighted by Crippen LogP contribution is -2.58. The van der Waals surface area contributed by atoms with E-state index in [0.717, 1.165) is 41.8 Å². The fourth-order valence-electron chi connectivity index (χ4n) is 2.71. The number of phenols is 1. The average Bonchev–Trinajstić information content (AvgIpc) is 2.43. The zero-order valence-electron chi connectivity index (χ0n) is 13.4. The van der Waals surface area contributed by atoms with Crippen molar-refractivity contribution < 1.29 is 14.4 Å². The number of rotatable bonds is 3. The van der Waals surface area contributed by atoms with Crippen molar-refractivity contribution in [1.82, 2.24) is 4.90 Å². The van der Waals surface area contributed by atoms with Gasteiger partial charge in [-0.3, -0.25) is 9.69 Å². The molecule has 1 fully saturated rings. The minimum Gasteiger partial charge on any atom is -0.507 e. The third kappa shape index (κ3) is 3.74. The number of carbonyl (C=O) groups is 1. The molecule has 0 aromatic heterocycles. The molecular formula is C16H26N3O2+. The minimum atomic E-state index is 0.00778. The summed E-state index contributed by atoms with van der Waals surface area (Å²) in [5.41, 5.74) is 2.25. The van der Waals surface area contributed by atoms with Crippen LogP contribution in [0.3, 0.4) is 0 Å². The Kier molecular flexibility index (Phi) is 4.54. The summed E-state index contributed by atoms with van der Waals surface area (Å²) in [4.78, 5) is 14.6. The number of aromatic hydroxyl groups is 1. The third-order valence-electron chi connectivity index (χ3n) is 4.48. The van der Waals surface area contributed by atoms with Gasteiger partial charge in [-0.05, 0) is 32.5 Å². The van der Waals surface area contributed by atoms with Crippen molar-refractivity contribution in [3.05, 3.63) is 23.3 Å². The van der Waals surface area contributed by atoms with Crippen molar-refractivity contribution >= 4 is 11.6 Å². The molecule has 0 atom stereocenters. The molecule has 1 aliphatic heterocycles. The van der Waals surface area contributed by atoms with Crippen molar-refractivity contribution in [3.8, 4) is 5.75 Å². The highest BCUT2D eigenvalue weighted by molar-refractivity contribution is 5.92. The molecule has 0 unspecified atom stereocenters. The predicted octanol–water partition coefficient (Wildman–Crippen LogP) is 1.34. The molecule has 1 aromatic carbocycles. The smallest absolute Gasteiger partial charge is 0.279 e. The molecule has 0 saturated carbocycles. The van der Waals surface area contributed by atoms with Gasteiger partial charge in [0.05, 0.1) is 20.1 Å². The van der Waals surface area contributed by atoms with Gasteiger partial charge in [-0.15, -0.1) is 0 Å². The molecule has 21 heavy (non-hydrogen) atoms. The fourth-order valence-corrected chi connectivity index (χ4v) is 2.71. The van der Waals surface area contributed by atoms with Crippen LogP contribution in [0.4, 0.5) is 5.69 Å². The van der Waals surface area contributed by atoms with Gasteiger partial charge in [0.15, 0.2) is 6.54 Å². The van der Waals surface area contributed by atoms with E-state index in [1.807, 2.05) is 26.0 Å². The first-order valence-electron chi connectivity index (χ1n) is 7.42. The highest BCUT2D eigenvalue weighted by Crippen LogP contribution is 2.28.